The van der Waals surface area contributed by atoms with Gasteiger partial charge in [-0.3, -0.25) is 9.36 Å². The van der Waals surface area contributed by atoms with Crippen LogP contribution in [0.5, 0.6) is 0 Å². The van der Waals surface area contributed by atoms with Gasteiger partial charge in [-0.1, -0.05) is 24.9 Å². The van der Waals surface area contributed by atoms with Gasteiger partial charge in [0.15, 0.2) is 11.5 Å². The molecule has 36 heavy (non-hydrogen) atoms. The molecule has 3 aromatic rings. The summed E-state index contributed by atoms with van der Waals surface area (Å²) >= 11 is 6.13. The van der Waals surface area contributed by atoms with Gasteiger partial charge >= 0.3 is 0 Å². The number of halogens is 3. The van der Waals surface area contributed by atoms with E-state index >= 15 is 0 Å². The number of carbonyl (C=O) groups is 1. The summed E-state index contributed by atoms with van der Waals surface area (Å²) in [4.78, 5) is 25.2. The standard InChI is InChI=1S/C24H30ClF2N7O2/c1-2-4-15(7-8-20(28)36)34-22-19(12-29-23(33-22)30-14-5-3-6-16(35)11-14)31-24(34)32-21-17(25)9-13(26)10-18(21)27/h9-10,12,14-16,35H,2-8,11H2,1H3,(H2,28,36)(H,31,32)(H,29,30,33)/t14-,15+,16?/m0/s1. The molecule has 12 heteroatoms. The van der Waals surface area contributed by atoms with Crippen LogP contribution < -0.4 is 16.4 Å². The number of nitrogens with one attached hydrogen (secondary N) is 2. The van der Waals surface area contributed by atoms with Crippen molar-refractivity contribution >= 4 is 46.3 Å². The maximum atomic E-state index is 14.6. The zero-order chi connectivity index (χ0) is 25.8. The van der Waals surface area contributed by atoms with Crippen LogP contribution >= 0.6 is 11.6 Å². The number of primary amides is 1. The van der Waals surface area contributed by atoms with E-state index in [1.54, 1.807) is 10.8 Å². The Morgan fingerprint density at radius 2 is 2.11 bits per heavy atom. The zero-order valence-corrected chi connectivity index (χ0v) is 20.7. The Kier molecular flexibility index (Phi) is 8.20. The number of amides is 1. The average molecular weight is 522 g/mol. The van der Waals surface area contributed by atoms with Crippen LogP contribution in [0.2, 0.25) is 5.02 Å². The number of imidazole rings is 1. The Morgan fingerprint density at radius 3 is 2.81 bits per heavy atom. The van der Waals surface area contributed by atoms with E-state index in [-0.39, 0.29) is 41.3 Å². The first kappa shape index (κ1) is 26.0. The van der Waals surface area contributed by atoms with E-state index in [9.17, 15) is 18.7 Å². The number of fused-ring (bicyclic) bond motifs is 1. The van der Waals surface area contributed by atoms with Gasteiger partial charge < -0.3 is 21.5 Å². The number of aromatic nitrogens is 4. The van der Waals surface area contributed by atoms with E-state index in [1.807, 2.05) is 6.92 Å². The number of nitrogens with zero attached hydrogens (tertiary/aromatic N) is 4. The third-order valence-corrected chi connectivity index (χ3v) is 6.67. The Bertz CT molecular complexity index is 1220. The molecule has 2 heterocycles. The van der Waals surface area contributed by atoms with E-state index in [0.29, 0.717) is 36.4 Å². The first-order valence-electron chi connectivity index (χ1n) is 12.1. The van der Waals surface area contributed by atoms with Crippen LogP contribution in [0.15, 0.2) is 18.3 Å². The predicted octanol–water partition coefficient (Wildman–Crippen LogP) is 4.82. The van der Waals surface area contributed by atoms with Crippen molar-refractivity contribution in [3.63, 3.8) is 0 Å². The van der Waals surface area contributed by atoms with Crippen molar-refractivity contribution in [3.05, 3.63) is 35.0 Å². The summed E-state index contributed by atoms with van der Waals surface area (Å²) in [6.07, 6.45) is 6.42. The molecule has 1 aliphatic carbocycles. The molecule has 3 atom stereocenters. The predicted molar refractivity (Wildman–Crippen MR) is 134 cm³/mol. The highest BCUT2D eigenvalue weighted by molar-refractivity contribution is 6.33. The third-order valence-electron chi connectivity index (χ3n) is 6.37. The van der Waals surface area contributed by atoms with Crippen LogP contribution in [-0.4, -0.2) is 42.7 Å². The highest BCUT2D eigenvalue weighted by Crippen LogP contribution is 2.34. The number of aliphatic hydroxyl groups is 1. The molecule has 2 aromatic heterocycles. The van der Waals surface area contributed by atoms with E-state index in [0.717, 1.165) is 37.8 Å². The van der Waals surface area contributed by atoms with Gasteiger partial charge in [-0.05, 0) is 44.6 Å². The van der Waals surface area contributed by atoms with Gasteiger partial charge in [0.2, 0.25) is 17.8 Å². The summed E-state index contributed by atoms with van der Waals surface area (Å²) in [5, 5.41) is 16.1. The maximum absolute atomic E-state index is 14.6. The first-order valence-corrected chi connectivity index (χ1v) is 12.5. The number of benzene rings is 1. The Balaban J connectivity index is 1.77. The molecule has 0 radical (unpaired) electrons. The smallest absolute Gasteiger partial charge is 0.224 e. The number of hydrogen-bond donors (Lipinski definition) is 4. The highest BCUT2D eigenvalue weighted by Gasteiger charge is 2.25. The van der Waals surface area contributed by atoms with Crippen molar-refractivity contribution in [1.82, 2.24) is 19.5 Å². The van der Waals surface area contributed by atoms with Gasteiger partial charge in [0, 0.05) is 24.6 Å². The molecular formula is C24H30ClF2N7O2. The first-order chi connectivity index (χ1) is 17.2. The van der Waals surface area contributed by atoms with Crippen LogP contribution in [0.4, 0.5) is 26.4 Å². The molecule has 1 aromatic carbocycles. The van der Waals surface area contributed by atoms with Crippen molar-refractivity contribution in [3.8, 4) is 0 Å². The van der Waals surface area contributed by atoms with E-state index < -0.39 is 17.5 Å². The molecular weight excluding hydrogens is 492 g/mol. The van der Waals surface area contributed by atoms with Crippen LogP contribution in [0.1, 0.15) is 64.3 Å². The maximum Gasteiger partial charge on any atom is 0.224 e. The molecule has 0 spiro atoms. The molecule has 9 nitrogen and oxygen atoms in total. The van der Waals surface area contributed by atoms with Gasteiger partial charge in [0.1, 0.15) is 11.3 Å². The number of nitrogens with two attached hydrogens (primary N) is 1. The summed E-state index contributed by atoms with van der Waals surface area (Å²) < 4.78 is 30.0. The molecule has 1 saturated carbocycles. The number of rotatable bonds is 10. The number of hydrogen-bond acceptors (Lipinski definition) is 7. The monoisotopic (exact) mass is 521 g/mol. The summed E-state index contributed by atoms with van der Waals surface area (Å²) in [6, 6.07) is 1.54. The van der Waals surface area contributed by atoms with Crippen LogP contribution in [0, 0.1) is 11.6 Å². The molecule has 1 unspecified atom stereocenters. The normalized spacial score (nSPS) is 18.8. The molecule has 1 amide bonds. The van der Waals surface area contributed by atoms with Crippen molar-refractivity contribution < 1.29 is 18.7 Å². The van der Waals surface area contributed by atoms with Crippen LogP contribution in [0.25, 0.3) is 11.2 Å². The lowest BCUT2D eigenvalue weighted by atomic mass is 9.93. The summed E-state index contributed by atoms with van der Waals surface area (Å²) in [5.74, 6) is -1.48. The molecule has 4 rings (SSSR count). The van der Waals surface area contributed by atoms with Crippen molar-refractivity contribution in [2.75, 3.05) is 10.6 Å². The quantitative estimate of drug-likeness (QED) is 0.300. The molecule has 0 bridgehead atoms. The second-order valence-electron chi connectivity index (χ2n) is 9.19. The molecule has 194 valence electrons. The second-order valence-corrected chi connectivity index (χ2v) is 9.59. The van der Waals surface area contributed by atoms with Crippen molar-refractivity contribution in [2.24, 2.45) is 5.73 Å². The molecule has 1 fully saturated rings. The Hall–Kier alpha value is -3.05. The SMILES string of the molecule is CCC[C@H](CCC(N)=O)n1c(Nc2c(F)cc(F)cc2Cl)nc2cnc(N[C@H]3CCCC(O)C3)nc21. The van der Waals surface area contributed by atoms with E-state index in [2.05, 4.69) is 20.6 Å². The van der Waals surface area contributed by atoms with Crippen LogP contribution in [-0.2, 0) is 4.79 Å². The van der Waals surface area contributed by atoms with Gasteiger partial charge in [0.25, 0.3) is 0 Å². The molecule has 5 N–H and O–H groups in total. The summed E-state index contributed by atoms with van der Waals surface area (Å²) in [6.45, 7) is 2.01. The molecule has 0 saturated heterocycles. The zero-order valence-electron chi connectivity index (χ0n) is 20.0. The topological polar surface area (TPSA) is 131 Å². The van der Waals surface area contributed by atoms with Crippen LogP contribution in [0.3, 0.4) is 0 Å². The number of aliphatic hydroxyl groups excluding tert-OH is 1. The average Bonchev–Trinajstić information content (AvgIpc) is 3.16. The second kappa shape index (κ2) is 11.3. The number of carbonyl (C=O) groups excluding carboxylic acids is 1. The summed E-state index contributed by atoms with van der Waals surface area (Å²) in [7, 11) is 0. The minimum absolute atomic E-state index is 0.0357. The number of anilines is 3. The lowest BCUT2D eigenvalue weighted by Crippen LogP contribution is -2.30. The third kappa shape index (κ3) is 6.01. The fourth-order valence-electron chi connectivity index (χ4n) is 4.69. The lowest BCUT2D eigenvalue weighted by molar-refractivity contribution is -0.118. The minimum atomic E-state index is -0.868. The summed E-state index contributed by atoms with van der Waals surface area (Å²) in [5.41, 5.74) is 6.23. The van der Waals surface area contributed by atoms with Crippen molar-refractivity contribution in [2.45, 2.75) is 76.5 Å². The van der Waals surface area contributed by atoms with Gasteiger partial charge in [-0.15, -0.1) is 0 Å². The van der Waals surface area contributed by atoms with Gasteiger partial charge in [-0.25, -0.2) is 18.7 Å². The highest BCUT2D eigenvalue weighted by atomic mass is 35.5. The fraction of sp³-hybridized carbons (Fsp3) is 0.500. The Morgan fingerprint density at radius 1 is 1.31 bits per heavy atom. The Labute approximate surface area is 212 Å². The molecule has 1 aliphatic rings. The largest absolute Gasteiger partial charge is 0.393 e. The van der Waals surface area contributed by atoms with Crippen molar-refractivity contribution in [1.29, 1.82) is 0 Å². The van der Waals surface area contributed by atoms with E-state index in [1.165, 1.54) is 0 Å². The fourth-order valence-corrected chi connectivity index (χ4v) is 4.93. The minimum Gasteiger partial charge on any atom is -0.393 e. The van der Waals surface area contributed by atoms with E-state index in [4.69, 9.17) is 22.3 Å². The lowest BCUT2D eigenvalue weighted by Gasteiger charge is -2.26. The van der Waals surface area contributed by atoms with Gasteiger partial charge in [-0.2, -0.15) is 4.98 Å². The molecule has 0 aliphatic heterocycles. The van der Waals surface area contributed by atoms with Gasteiger partial charge in [0.05, 0.1) is 23.0 Å².